The van der Waals surface area contributed by atoms with E-state index >= 15 is 0 Å². The van der Waals surface area contributed by atoms with Crippen LogP contribution < -0.4 is 23.8 Å². The summed E-state index contributed by atoms with van der Waals surface area (Å²) in [7, 11) is 1.72. The summed E-state index contributed by atoms with van der Waals surface area (Å²) in [6, 6.07) is 15.0. The number of rotatable bonds is 17. The van der Waals surface area contributed by atoms with E-state index in [0.717, 1.165) is 36.4 Å². The van der Waals surface area contributed by atoms with Crippen LogP contribution in [0.15, 0.2) is 59.5 Å². The average Bonchev–Trinajstić information content (AvgIpc) is 3.03. The lowest BCUT2D eigenvalue weighted by Gasteiger charge is -2.35. The number of carbonyl (C=O) groups excluding carboxylic acids is 1. The maximum atomic E-state index is 13.9. The predicted molar refractivity (Wildman–Crippen MR) is 170 cm³/mol. The van der Waals surface area contributed by atoms with E-state index in [1.54, 1.807) is 33.1 Å². The number of esters is 1. The van der Waals surface area contributed by atoms with Crippen LogP contribution in [0.2, 0.25) is 0 Å². The van der Waals surface area contributed by atoms with Gasteiger partial charge in [-0.05, 0) is 62.2 Å². The van der Waals surface area contributed by atoms with Crippen LogP contribution in [0.1, 0.15) is 64.9 Å². The molecule has 1 atom stereocenters. The molecule has 0 saturated carbocycles. The van der Waals surface area contributed by atoms with Gasteiger partial charge in [-0.15, -0.1) is 0 Å². The molecule has 1 heterocycles. The summed E-state index contributed by atoms with van der Waals surface area (Å²) in [6.45, 7) is 5.76. The minimum atomic E-state index is -4.06. The van der Waals surface area contributed by atoms with Crippen molar-refractivity contribution in [1.82, 2.24) is 9.97 Å². The molecular weight excluding hydrogens is 584 g/mol. The maximum absolute atomic E-state index is 13.9. The number of carbonyl (C=O) groups is 1. The van der Waals surface area contributed by atoms with Crippen LogP contribution in [0.3, 0.4) is 0 Å². The van der Waals surface area contributed by atoms with Gasteiger partial charge in [0, 0.05) is 18.8 Å². The lowest BCUT2D eigenvalue weighted by molar-refractivity contribution is -0.153. The van der Waals surface area contributed by atoms with Crippen molar-refractivity contribution >= 4 is 27.5 Å². The molecule has 0 fully saturated rings. The van der Waals surface area contributed by atoms with E-state index in [4.69, 9.17) is 18.9 Å². The van der Waals surface area contributed by atoms with Crippen LogP contribution in [0.5, 0.6) is 17.6 Å². The van der Waals surface area contributed by atoms with E-state index in [1.807, 2.05) is 24.3 Å². The average molecular weight is 629 g/mol. The van der Waals surface area contributed by atoms with Gasteiger partial charge >= 0.3 is 12.0 Å². The van der Waals surface area contributed by atoms with Gasteiger partial charge in [0.2, 0.25) is 5.88 Å². The molecule has 0 radical (unpaired) electrons. The Labute approximate surface area is 261 Å². The van der Waals surface area contributed by atoms with Crippen molar-refractivity contribution in [1.29, 1.82) is 0 Å². The van der Waals surface area contributed by atoms with Crippen LogP contribution >= 0.6 is 0 Å². The Hall–Kier alpha value is -4.06. The lowest BCUT2D eigenvalue weighted by atomic mass is 9.84. The molecule has 0 saturated heterocycles. The second kappa shape index (κ2) is 15.6. The van der Waals surface area contributed by atoms with Crippen LogP contribution in [0.25, 0.3) is 0 Å². The quantitative estimate of drug-likeness (QED) is 0.141. The van der Waals surface area contributed by atoms with Gasteiger partial charge < -0.3 is 24.3 Å². The zero-order valence-electron chi connectivity index (χ0n) is 26.6. The molecule has 0 aliphatic rings. The summed E-state index contributed by atoms with van der Waals surface area (Å²) < 4.78 is 49.7. The van der Waals surface area contributed by atoms with Gasteiger partial charge in [0.25, 0.3) is 10.0 Å². The Morgan fingerprint density at radius 1 is 0.909 bits per heavy atom. The number of sulfonamides is 1. The van der Waals surface area contributed by atoms with Gasteiger partial charge in [-0.3, -0.25) is 4.31 Å². The molecule has 44 heavy (non-hydrogen) atoms. The first-order chi connectivity index (χ1) is 21.0. The number of hydrogen-bond donors (Lipinski definition) is 1. The number of nitrogens with one attached hydrogen (secondary N) is 1. The summed E-state index contributed by atoms with van der Waals surface area (Å²) in [6.07, 6.45) is 5.06. The van der Waals surface area contributed by atoms with Gasteiger partial charge in [-0.1, -0.05) is 51.2 Å². The fraction of sp³-hybridized carbons (Fsp3) is 0.469. The number of nitrogens with zero attached hydrogens (tertiary/aromatic N) is 3. The van der Waals surface area contributed by atoms with E-state index < -0.39 is 21.5 Å². The largest absolute Gasteiger partial charge is 0.497 e. The summed E-state index contributed by atoms with van der Waals surface area (Å²) in [5.41, 5.74) is 0.0109. The third-order valence-electron chi connectivity index (χ3n) is 7.18. The molecule has 11 nitrogen and oxygen atoms in total. The van der Waals surface area contributed by atoms with E-state index in [-0.39, 0.29) is 28.7 Å². The minimum Gasteiger partial charge on any atom is -0.497 e. The topological polar surface area (TPSA) is 129 Å². The number of methoxy groups -OCH3 is 3. The minimum absolute atomic E-state index is 0.0128. The first kappa shape index (κ1) is 34.4. The molecule has 3 rings (SSSR count). The van der Waals surface area contributed by atoms with Gasteiger partial charge in [0.15, 0.2) is 11.4 Å². The van der Waals surface area contributed by atoms with Crippen molar-refractivity contribution in [2.24, 2.45) is 0 Å². The van der Waals surface area contributed by atoms with Crippen LogP contribution in [-0.4, -0.2) is 58.8 Å². The molecular formula is C32H44N4O7S. The highest BCUT2D eigenvalue weighted by molar-refractivity contribution is 7.92. The first-order valence-electron chi connectivity index (χ1n) is 14.7. The standard InChI is InChI=1S/C32H44N4O7S/c1-8-9-10-11-12-21-32(30(37)43-23(2)3,35-25-15-17-26(40-5)18-16-25)24-13-19-27(20-14-24)44(38,39)36(4)28-22-29(41-6)34-31(33-28)42-7/h13-20,22-23,35H,8-12,21H2,1-7H3/t32-/m0/s1. The fourth-order valence-corrected chi connectivity index (χ4v) is 5.86. The molecule has 12 heteroatoms. The maximum Gasteiger partial charge on any atom is 0.336 e. The molecule has 0 amide bonds. The molecule has 0 aliphatic carbocycles. The number of hydrogen-bond acceptors (Lipinski definition) is 10. The lowest BCUT2D eigenvalue weighted by Crippen LogP contribution is -2.45. The van der Waals surface area contributed by atoms with Gasteiger partial charge in [-0.2, -0.15) is 9.97 Å². The third-order valence-corrected chi connectivity index (χ3v) is 8.96. The molecule has 0 aliphatic heterocycles. The molecule has 0 unspecified atom stereocenters. The SMILES string of the molecule is CCCCCCC[C@@](Nc1ccc(OC)cc1)(C(=O)OC(C)C)c1ccc(S(=O)(=O)N(C)c2cc(OC)nc(OC)n2)cc1. The molecule has 3 aromatic rings. The molecule has 0 spiro atoms. The normalized spacial score (nSPS) is 12.7. The summed E-state index contributed by atoms with van der Waals surface area (Å²) in [5, 5.41) is 3.45. The predicted octanol–water partition coefficient (Wildman–Crippen LogP) is 5.95. The number of unbranched alkanes of at least 4 members (excludes halogenated alkanes) is 4. The second-order valence-electron chi connectivity index (χ2n) is 10.6. The van der Waals surface area contributed by atoms with Gasteiger partial charge in [-0.25, -0.2) is 13.2 Å². The van der Waals surface area contributed by atoms with Gasteiger partial charge in [0.1, 0.15) is 5.75 Å². The summed E-state index contributed by atoms with van der Waals surface area (Å²) in [4.78, 5) is 22.2. The highest BCUT2D eigenvalue weighted by atomic mass is 32.2. The van der Waals surface area contributed by atoms with Crippen LogP contribution in [-0.2, 0) is 25.1 Å². The summed E-state index contributed by atoms with van der Waals surface area (Å²) >= 11 is 0. The van der Waals surface area contributed by atoms with E-state index in [0.29, 0.717) is 23.4 Å². The number of ether oxygens (including phenoxy) is 4. The van der Waals surface area contributed by atoms with Crippen LogP contribution in [0.4, 0.5) is 11.5 Å². The van der Waals surface area contributed by atoms with Crippen molar-refractivity contribution in [2.45, 2.75) is 75.8 Å². The second-order valence-corrected chi connectivity index (χ2v) is 12.6. The highest BCUT2D eigenvalue weighted by Gasteiger charge is 2.42. The van der Waals surface area contributed by atoms with Crippen molar-refractivity contribution in [2.75, 3.05) is 38.0 Å². The Morgan fingerprint density at radius 3 is 2.14 bits per heavy atom. The summed E-state index contributed by atoms with van der Waals surface area (Å²) in [5.74, 6) is 0.469. The molecule has 2 aromatic carbocycles. The van der Waals surface area contributed by atoms with Crippen molar-refractivity contribution in [3.63, 3.8) is 0 Å². The number of benzene rings is 2. The first-order valence-corrected chi connectivity index (χ1v) is 16.1. The van der Waals surface area contributed by atoms with E-state index in [1.165, 1.54) is 39.5 Å². The molecule has 0 bridgehead atoms. The smallest absolute Gasteiger partial charge is 0.336 e. The Balaban J connectivity index is 2.05. The monoisotopic (exact) mass is 628 g/mol. The highest BCUT2D eigenvalue weighted by Crippen LogP contribution is 2.36. The van der Waals surface area contributed by atoms with E-state index in [9.17, 15) is 13.2 Å². The Morgan fingerprint density at radius 2 is 1.57 bits per heavy atom. The van der Waals surface area contributed by atoms with Gasteiger partial charge in [0.05, 0.1) is 32.3 Å². The molecule has 240 valence electrons. The third kappa shape index (κ3) is 8.31. The molecule has 1 aromatic heterocycles. The zero-order valence-corrected chi connectivity index (χ0v) is 27.4. The zero-order chi connectivity index (χ0) is 32.3. The van der Waals surface area contributed by atoms with E-state index in [2.05, 4.69) is 22.2 Å². The van der Waals surface area contributed by atoms with Crippen LogP contribution in [0, 0.1) is 0 Å². The Kier molecular flexibility index (Phi) is 12.2. The van der Waals surface area contributed by atoms with Crippen molar-refractivity contribution < 1.29 is 32.2 Å². The fourth-order valence-electron chi connectivity index (χ4n) is 4.72. The van der Waals surface area contributed by atoms with Crippen molar-refractivity contribution in [3.05, 3.63) is 60.2 Å². The van der Waals surface area contributed by atoms with Crippen molar-refractivity contribution in [3.8, 4) is 17.6 Å². The number of anilines is 2. The Bertz CT molecular complexity index is 1440. The molecule has 1 N–H and O–H groups in total. The number of aromatic nitrogens is 2.